The Labute approximate surface area is 217 Å². The van der Waals surface area contributed by atoms with E-state index in [-0.39, 0.29) is 35.4 Å². The van der Waals surface area contributed by atoms with Gasteiger partial charge in [-0.15, -0.1) is 0 Å². The second-order valence-corrected chi connectivity index (χ2v) is 10.7. The van der Waals surface area contributed by atoms with Gasteiger partial charge in [0.1, 0.15) is 11.9 Å². The predicted molar refractivity (Wildman–Crippen MR) is 140 cm³/mol. The topological polar surface area (TPSA) is 32.8 Å². The van der Waals surface area contributed by atoms with Crippen molar-refractivity contribution in [3.05, 3.63) is 94.3 Å². The van der Waals surface area contributed by atoms with Crippen LogP contribution in [0.5, 0.6) is 0 Å². The summed E-state index contributed by atoms with van der Waals surface area (Å²) in [5.41, 5.74) is 3.87. The highest BCUT2D eigenvalue weighted by Gasteiger charge is 2.29. The van der Waals surface area contributed by atoms with Crippen molar-refractivity contribution in [2.45, 2.75) is 76.4 Å². The summed E-state index contributed by atoms with van der Waals surface area (Å²) in [6, 6.07) is 16.1. The standard InChI is InChI=1S/C32H35F3O2/c1-2-3-29(36)24-13-10-22(11-14-24)27-17-16-26(31(34)32(27)35)21-7-4-20(5-8-21)6-9-23-12-15-25(18-28(23)33)30-19-37-30/h4-5,7-8,12,15-18,22,24,29-30,36H,2-3,6,9-11,13-14,19H2,1H3. The van der Waals surface area contributed by atoms with Gasteiger partial charge in [0.15, 0.2) is 11.6 Å². The number of hydrogen-bond donors (Lipinski definition) is 1. The molecular weight excluding hydrogens is 473 g/mol. The van der Waals surface area contributed by atoms with Gasteiger partial charge in [-0.3, -0.25) is 0 Å². The lowest BCUT2D eigenvalue weighted by Crippen LogP contribution is -2.25. The molecule has 2 fully saturated rings. The van der Waals surface area contributed by atoms with E-state index < -0.39 is 11.6 Å². The Morgan fingerprint density at radius 1 is 0.892 bits per heavy atom. The maximum Gasteiger partial charge on any atom is 0.166 e. The SMILES string of the molecule is CCCC(O)C1CCC(c2ccc(-c3ccc(CCc4ccc(C5CO5)cc4F)cc3)c(F)c2F)CC1. The van der Waals surface area contributed by atoms with E-state index in [2.05, 4.69) is 6.92 Å². The number of halogens is 3. The maximum atomic E-state index is 15.2. The lowest BCUT2D eigenvalue weighted by atomic mass is 9.75. The zero-order valence-electron chi connectivity index (χ0n) is 21.4. The van der Waals surface area contributed by atoms with Gasteiger partial charge in [-0.1, -0.05) is 61.9 Å². The Morgan fingerprint density at radius 2 is 1.62 bits per heavy atom. The largest absolute Gasteiger partial charge is 0.393 e. The average molecular weight is 509 g/mol. The summed E-state index contributed by atoms with van der Waals surface area (Å²) < 4.78 is 49.9. The molecule has 5 rings (SSSR count). The van der Waals surface area contributed by atoms with Crippen molar-refractivity contribution in [1.29, 1.82) is 0 Å². The van der Waals surface area contributed by atoms with E-state index in [1.807, 2.05) is 24.3 Å². The summed E-state index contributed by atoms with van der Waals surface area (Å²) >= 11 is 0. The second kappa shape index (κ2) is 11.4. The Bertz CT molecular complexity index is 1210. The molecule has 2 unspecified atom stereocenters. The summed E-state index contributed by atoms with van der Waals surface area (Å²) in [6.45, 7) is 2.72. The number of aliphatic hydroxyl groups is 1. The number of epoxide rings is 1. The molecule has 1 N–H and O–H groups in total. The van der Waals surface area contributed by atoms with Crippen molar-refractivity contribution in [2.24, 2.45) is 5.92 Å². The van der Waals surface area contributed by atoms with E-state index in [4.69, 9.17) is 4.74 Å². The van der Waals surface area contributed by atoms with Crippen molar-refractivity contribution in [2.75, 3.05) is 6.61 Å². The van der Waals surface area contributed by atoms with E-state index in [0.29, 0.717) is 36.1 Å². The van der Waals surface area contributed by atoms with E-state index >= 15 is 8.78 Å². The van der Waals surface area contributed by atoms with Crippen molar-refractivity contribution in [3.8, 4) is 11.1 Å². The van der Waals surface area contributed by atoms with Crippen LogP contribution in [-0.4, -0.2) is 17.8 Å². The van der Waals surface area contributed by atoms with Crippen LogP contribution in [0.4, 0.5) is 13.2 Å². The Morgan fingerprint density at radius 3 is 2.27 bits per heavy atom. The molecule has 3 aromatic carbocycles. The highest BCUT2D eigenvalue weighted by atomic mass is 19.2. The van der Waals surface area contributed by atoms with Crippen molar-refractivity contribution < 1.29 is 23.0 Å². The van der Waals surface area contributed by atoms with Gasteiger partial charge < -0.3 is 9.84 Å². The molecule has 1 saturated carbocycles. The molecule has 0 aromatic heterocycles. The van der Waals surface area contributed by atoms with Crippen LogP contribution in [0.15, 0.2) is 54.6 Å². The number of benzene rings is 3. The first-order valence-electron chi connectivity index (χ1n) is 13.6. The summed E-state index contributed by atoms with van der Waals surface area (Å²) in [6.07, 6.45) is 5.95. The van der Waals surface area contributed by atoms with Gasteiger partial charge in [0.2, 0.25) is 0 Å². The molecule has 1 heterocycles. The monoisotopic (exact) mass is 508 g/mol. The van der Waals surface area contributed by atoms with Crippen LogP contribution in [0, 0.1) is 23.4 Å². The van der Waals surface area contributed by atoms with Gasteiger partial charge in [0.05, 0.1) is 12.7 Å². The number of rotatable bonds is 9. The van der Waals surface area contributed by atoms with Crippen LogP contribution >= 0.6 is 0 Å². The van der Waals surface area contributed by atoms with Gasteiger partial charge in [-0.2, -0.15) is 0 Å². The van der Waals surface area contributed by atoms with Gasteiger partial charge in [-0.05, 0) is 90.7 Å². The molecule has 37 heavy (non-hydrogen) atoms. The summed E-state index contributed by atoms with van der Waals surface area (Å²) in [4.78, 5) is 0. The average Bonchev–Trinajstić information content (AvgIpc) is 3.76. The van der Waals surface area contributed by atoms with Gasteiger partial charge in [-0.25, -0.2) is 13.2 Å². The minimum absolute atomic E-state index is 0.0118. The van der Waals surface area contributed by atoms with Crippen LogP contribution in [-0.2, 0) is 17.6 Å². The smallest absolute Gasteiger partial charge is 0.166 e. The van der Waals surface area contributed by atoms with E-state index in [0.717, 1.165) is 49.7 Å². The molecule has 2 atom stereocenters. The number of aliphatic hydroxyl groups excluding tert-OH is 1. The first-order valence-corrected chi connectivity index (χ1v) is 13.6. The summed E-state index contributed by atoms with van der Waals surface area (Å²) in [5.74, 6) is -1.53. The van der Waals surface area contributed by atoms with Gasteiger partial charge >= 0.3 is 0 Å². The predicted octanol–water partition coefficient (Wildman–Crippen LogP) is 8.06. The second-order valence-electron chi connectivity index (χ2n) is 10.7. The quantitative estimate of drug-likeness (QED) is 0.297. The summed E-state index contributed by atoms with van der Waals surface area (Å²) in [7, 11) is 0. The van der Waals surface area contributed by atoms with Crippen molar-refractivity contribution >= 4 is 0 Å². The highest BCUT2D eigenvalue weighted by molar-refractivity contribution is 5.65. The fraction of sp³-hybridized carbons (Fsp3) is 0.438. The van der Waals surface area contributed by atoms with E-state index in [1.165, 1.54) is 0 Å². The van der Waals surface area contributed by atoms with E-state index in [9.17, 15) is 9.50 Å². The fourth-order valence-corrected chi connectivity index (χ4v) is 5.79. The third-order valence-electron chi connectivity index (χ3n) is 8.18. The number of ether oxygens (including phenoxy) is 1. The lowest BCUT2D eigenvalue weighted by Gasteiger charge is -2.32. The molecule has 1 aliphatic heterocycles. The minimum atomic E-state index is -0.805. The van der Waals surface area contributed by atoms with Gasteiger partial charge in [0.25, 0.3) is 0 Å². The Kier molecular flexibility index (Phi) is 8.01. The molecule has 5 heteroatoms. The van der Waals surface area contributed by atoms with Crippen molar-refractivity contribution in [1.82, 2.24) is 0 Å². The van der Waals surface area contributed by atoms with Crippen LogP contribution in [0.1, 0.15) is 79.7 Å². The number of aryl methyl sites for hydroxylation is 2. The zero-order valence-corrected chi connectivity index (χ0v) is 21.4. The molecule has 0 amide bonds. The molecule has 0 radical (unpaired) electrons. The first kappa shape index (κ1) is 26.0. The van der Waals surface area contributed by atoms with Gasteiger partial charge in [0, 0.05) is 5.56 Å². The molecule has 0 bridgehead atoms. The Hall–Kier alpha value is -2.63. The molecule has 2 nitrogen and oxygen atoms in total. The molecule has 196 valence electrons. The third kappa shape index (κ3) is 5.94. The molecule has 2 aliphatic rings. The van der Waals surface area contributed by atoms with E-state index in [1.54, 1.807) is 30.3 Å². The molecule has 1 saturated heterocycles. The van der Waals surface area contributed by atoms with Crippen LogP contribution < -0.4 is 0 Å². The number of hydrogen-bond acceptors (Lipinski definition) is 2. The van der Waals surface area contributed by atoms with Crippen LogP contribution in [0.2, 0.25) is 0 Å². The molecule has 0 spiro atoms. The fourth-order valence-electron chi connectivity index (χ4n) is 5.79. The summed E-state index contributed by atoms with van der Waals surface area (Å²) in [5, 5.41) is 10.3. The third-order valence-corrected chi connectivity index (χ3v) is 8.18. The Balaban J connectivity index is 1.22. The molecular formula is C32H35F3O2. The molecule has 3 aromatic rings. The zero-order chi connectivity index (χ0) is 25.9. The highest BCUT2D eigenvalue weighted by Crippen LogP contribution is 2.40. The lowest BCUT2D eigenvalue weighted by molar-refractivity contribution is 0.0727. The van der Waals surface area contributed by atoms with Crippen molar-refractivity contribution in [3.63, 3.8) is 0 Å². The first-order chi connectivity index (χ1) is 17.9. The molecule has 1 aliphatic carbocycles. The van der Waals surface area contributed by atoms with Crippen LogP contribution in [0.25, 0.3) is 11.1 Å². The maximum absolute atomic E-state index is 15.2. The normalized spacial score (nSPS) is 22.1. The minimum Gasteiger partial charge on any atom is -0.393 e. The van der Waals surface area contributed by atoms with Crippen LogP contribution in [0.3, 0.4) is 0 Å².